The maximum Gasteiger partial charge on any atom is 0.229 e. The van der Waals surface area contributed by atoms with Crippen molar-refractivity contribution in [1.82, 2.24) is 9.78 Å². The predicted molar refractivity (Wildman–Crippen MR) is 104 cm³/mol. The lowest BCUT2D eigenvalue weighted by Crippen LogP contribution is -2.22. The molecule has 0 radical (unpaired) electrons. The van der Waals surface area contributed by atoms with Crippen molar-refractivity contribution in [2.45, 2.75) is 12.8 Å². The predicted octanol–water partition coefficient (Wildman–Crippen LogP) is 4.71. The van der Waals surface area contributed by atoms with Gasteiger partial charge in [0, 0.05) is 10.0 Å². The summed E-state index contributed by atoms with van der Waals surface area (Å²) in [6, 6.07) is 16.8. The van der Waals surface area contributed by atoms with Gasteiger partial charge in [-0.1, -0.05) is 41.4 Å². The Balaban J connectivity index is 1.97. The molecule has 2 aromatic carbocycles. The van der Waals surface area contributed by atoms with Crippen molar-refractivity contribution in [1.29, 1.82) is 5.26 Å². The Morgan fingerprint density at radius 2 is 1.85 bits per heavy atom. The lowest BCUT2D eigenvalue weighted by molar-refractivity contribution is 0.367. The molecule has 1 aliphatic heterocycles. The summed E-state index contributed by atoms with van der Waals surface area (Å²) < 4.78 is 7.47. The van der Waals surface area contributed by atoms with Gasteiger partial charge in [-0.2, -0.15) is 10.4 Å². The molecule has 1 aromatic heterocycles. The van der Waals surface area contributed by atoms with E-state index in [4.69, 9.17) is 33.7 Å². The van der Waals surface area contributed by atoms with Gasteiger partial charge in [0.2, 0.25) is 11.8 Å². The van der Waals surface area contributed by atoms with Crippen molar-refractivity contribution in [2.75, 3.05) is 0 Å². The van der Waals surface area contributed by atoms with Crippen molar-refractivity contribution in [3.8, 4) is 17.6 Å². The van der Waals surface area contributed by atoms with Gasteiger partial charge in [0.1, 0.15) is 11.6 Å². The summed E-state index contributed by atoms with van der Waals surface area (Å²) in [4.78, 5) is 0. The van der Waals surface area contributed by atoms with Crippen LogP contribution in [0.2, 0.25) is 10.0 Å². The smallest absolute Gasteiger partial charge is 0.229 e. The van der Waals surface area contributed by atoms with Gasteiger partial charge in [-0.25, -0.2) is 4.68 Å². The van der Waals surface area contributed by atoms with Gasteiger partial charge >= 0.3 is 0 Å². The van der Waals surface area contributed by atoms with Crippen LogP contribution in [0.1, 0.15) is 22.7 Å². The number of aromatic nitrogens is 2. The lowest BCUT2D eigenvalue weighted by atomic mass is 9.84. The summed E-state index contributed by atoms with van der Waals surface area (Å²) in [6.45, 7) is 1.87. The Labute approximate surface area is 166 Å². The van der Waals surface area contributed by atoms with E-state index in [1.54, 1.807) is 22.9 Å². The highest BCUT2D eigenvalue weighted by molar-refractivity contribution is 6.31. The van der Waals surface area contributed by atoms with Crippen molar-refractivity contribution in [3.05, 3.63) is 86.9 Å². The van der Waals surface area contributed by atoms with Gasteiger partial charge in [0.15, 0.2) is 0 Å². The third kappa shape index (κ3) is 2.93. The molecular weight excluding hydrogens is 383 g/mol. The zero-order chi connectivity index (χ0) is 19.1. The molecule has 0 amide bonds. The number of nitriles is 1. The SMILES string of the molecule is Cc1nn(-c2cccc(Cl)c2)c2c1[C@@H](c1cccc(Cl)c1)C(C#N)=C(N)O2. The molecule has 3 aromatic rings. The Morgan fingerprint density at radius 3 is 2.52 bits per heavy atom. The number of hydrogen-bond donors (Lipinski definition) is 1. The molecule has 4 rings (SSSR count). The first-order valence-corrected chi connectivity index (χ1v) is 8.93. The van der Waals surface area contributed by atoms with E-state index in [0.29, 0.717) is 21.5 Å². The van der Waals surface area contributed by atoms with Crippen LogP contribution in [-0.4, -0.2) is 9.78 Å². The molecule has 0 saturated heterocycles. The standard InChI is InChI=1S/C20H14Cl2N4O/c1-11-17-18(12-4-2-5-13(21)8-12)16(10-23)19(24)27-20(17)26(25-11)15-7-3-6-14(22)9-15/h2-9,18H,24H2,1H3/t18-/m0/s1. The summed E-state index contributed by atoms with van der Waals surface area (Å²) in [7, 11) is 0. The van der Waals surface area contributed by atoms with E-state index in [0.717, 1.165) is 22.5 Å². The second-order valence-corrected chi connectivity index (χ2v) is 7.05. The number of hydrogen-bond acceptors (Lipinski definition) is 4. The van der Waals surface area contributed by atoms with E-state index in [1.807, 2.05) is 37.3 Å². The molecular formula is C20H14Cl2N4O. The maximum atomic E-state index is 9.69. The minimum atomic E-state index is -0.412. The summed E-state index contributed by atoms with van der Waals surface area (Å²) in [5.41, 5.74) is 9.52. The van der Waals surface area contributed by atoms with Crippen LogP contribution in [0.4, 0.5) is 0 Å². The van der Waals surface area contributed by atoms with E-state index in [2.05, 4.69) is 11.2 Å². The molecule has 0 aliphatic carbocycles. The Hall–Kier alpha value is -2.94. The maximum absolute atomic E-state index is 9.69. The van der Waals surface area contributed by atoms with Crippen LogP contribution in [0.5, 0.6) is 5.88 Å². The summed E-state index contributed by atoms with van der Waals surface area (Å²) >= 11 is 12.3. The Bertz CT molecular complexity index is 1130. The monoisotopic (exact) mass is 396 g/mol. The first-order chi connectivity index (χ1) is 13.0. The number of fused-ring (bicyclic) bond motifs is 1. The van der Waals surface area contributed by atoms with Crippen LogP contribution in [0.3, 0.4) is 0 Å². The molecule has 0 bridgehead atoms. The molecule has 2 heterocycles. The van der Waals surface area contributed by atoms with Crippen LogP contribution in [-0.2, 0) is 0 Å². The average Bonchev–Trinajstić information content (AvgIpc) is 2.96. The van der Waals surface area contributed by atoms with Gasteiger partial charge < -0.3 is 10.5 Å². The number of nitrogens with two attached hydrogens (primary N) is 1. The summed E-state index contributed by atoms with van der Waals surface area (Å²) in [5, 5.41) is 15.5. The minimum Gasteiger partial charge on any atom is -0.422 e. The van der Waals surface area contributed by atoms with Crippen molar-refractivity contribution in [2.24, 2.45) is 5.73 Å². The Morgan fingerprint density at radius 1 is 1.15 bits per heavy atom. The number of allylic oxidation sites excluding steroid dienone is 1. The Kier molecular flexibility index (Phi) is 4.31. The molecule has 134 valence electrons. The number of benzene rings is 2. The van der Waals surface area contributed by atoms with Gasteiger partial charge in [0.05, 0.1) is 22.9 Å². The average molecular weight is 397 g/mol. The van der Waals surface area contributed by atoms with Gasteiger partial charge in [-0.15, -0.1) is 0 Å². The molecule has 7 heteroatoms. The number of nitrogens with zero attached hydrogens (tertiary/aromatic N) is 3. The number of halogens is 2. The fourth-order valence-electron chi connectivity index (χ4n) is 3.32. The quantitative estimate of drug-likeness (QED) is 0.680. The number of aryl methyl sites for hydroxylation is 1. The van der Waals surface area contributed by atoms with Crippen LogP contribution < -0.4 is 10.5 Å². The minimum absolute atomic E-state index is 0.0538. The third-order valence-corrected chi connectivity index (χ3v) is 4.94. The summed E-state index contributed by atoms with van der Waals surface area (Å²) in [6.07, 6.45) is 0. The molecule has 0 spiro atoms. The third-order valence-electron chi connectivity index (χ3n) is 4.47. The summed E-state index contributed by atoms with van der Waals surface area (Å²) in [5.74, 6) is 0.111. The van der Waals surface area contributed by atoms with E-state index in [9.17, 15) is 5.26 Å². The molecule has 5 nitrogen and oxygen atoms in total. The topological polar surface area (TPSA) is 76.9 Å². The molecule has 27 heavy (non-hydrogen) atoms. The van der Waals surface area contributed by atoms with E-state index >= 15 is 0 Å². The van der Waals surface area contributed by atoms with Gasteiger partial charge in [-0.3, -0.25) is 0 Å². The van der Waals surface area contributed by atoms with Crippen LogP contribution >= 0.6 is 23.2 Å². The van der Waals surface area contributed by atoms with Crippen molar-refractivity contribution in [3.63, 3.8) is 0 Å². The fourth-order valence-corrected chi connectivity index (χ4v) is 3.70. The number of rotatable bonds is 2. The van der Waals surface area contributed by atoms with Crippen LogP contribution in [0, 0.1) is 18.3 Å². The second kappa shape index (κ2) is 6.66. The van der Waals surface area contributed by atoms with Crippen LogP contribution in [0.25, 0.3) is 5.69 Å². The van der Waals surface area contributed by atoms with E-state index < -0.39 is 5.92 Å². The van der Waals surface area contributed by atoms with Crippen molar-refractivity contribution >= 4 is 23.2 Å². The molecule has 1 aliphatic rings. The zero-order valence-corrected chi connectivity index (χ0v) is 15.8. The molecule has 0 fully saturated rings. The van der Waals surface area contributed by atoms with Crippen LogP contribution in [0.15, 0.2) is 60.0 Å². The zero-order valence-electron chi connectivity index (χ0n) is 14.3. The van der Waals surface area contributed by atoms with Crippen molar-refractivity contribution < 1.29 is 4.74 Å². The van der Waals surface area contributed by atoms with E-state index in [1.165, 1.54) is 0 Å². The highest BCUT2D eigenvalue weighted by atomic mass is 35.5. The fraction of sp³-hybridized carbons (Fsp3) is 0.100. The lowest BCUT2D eigenvalue weighted by Gasteiger charge is -2.25. The van der Waals surface area contributed by atoms with E-state index in [-0.39, 0.29) is 5.88 Å². The first kappa shape index (κ1) is 17.5. The second-order valence-electron chi connectivity index (χ2n) is 6.18. The normalized spacial score (nSPS) is 15.9. The highest BCUT2D eigenvalue weighted by Crippen LogP contribution is 2.45. The molecule has 0 saturated carbocycles. The first-order valence-electron chi connectivity index (χ1n) is 8.18. The highest BCUT2D eigenvalue weighted by Gasteiger charge is 2.36. The largest absolute Gasteiger partial charge is 0.422 e. The van der Waals surface area contributed by atoms with Gasteiger partial charge in [-0.05, 0) is 42.8 Å². The molecule has 0 unspecified atom stereocenters. The van der Waals surface area contributed by atoms with Gasteiger partial charge in [0.25, 0.3) is 0 Å². The number of ether oxygens (including phenoxy) is 1. The molecule has 1 atom stereocenters. The molecule has 2 N–H and O–H groups in total.